The highest BCUT2D eigenvalue weighted by molar-refractivity contribution is 6.56. The van der Waals surface area contributed by atoms with Crippen LogP contribution in [0, 0.1) is 0 Å². The highest BCUT2D eigenvalue weighted by Gasteiger charge is 2.52. The van der Waals surface area contributed by atoms with Crippen LogP contribution in [0.15, 0.2) is 47.5 Å². The van der Waals surface area contributed by atoms with E-state index in [9.17, 15) is 0 Å². The number of benzene rings is 1. The maximum atomic E-state index is 6.16. The molecule has 0 bridgehead atoms. The third-order valence-corrected chi connectivity index (χ3v) is 4.11. The van der Waals surface area contributed by atoms with Crippen LogP contribution < -0.4 is 0 Å². The van der Waals surface area contributed by atoms with Gasteiger partial charge in [-0.15, -0.1) is 0 Å². The van der Waals surface area contributed by atoms with Crippen molar-refractivity contribution >= 4 is 13.2 Å². The van der Waals surface area contributed by atoms with Gasteiger partial charge in [0.15, 0.2) is 0 Å². The summed E-state index contributed by atoms with van der Waals surface area (Å²) in [6.45, 7) is 12.5. The molecule has 0 spiro atoms. The highest BCUT2D eigenvalue weighted by Crippen LogP contribution is 2.39. The first-order chi connectivity index (χ1) is 9.71. The first-order valence-electron chi connectivity index (χ1n) is 7.48. The summed E-state index contributed by atoms with van der Waals surface area (Å²) < 4.78 is 12.3. The number of rotatable bonds is 3. The van der Waals surface area contributed by atoms with E-state index in [1.807, 2.05) is 18.2 Å². The smallest absolute Gasteiger partial charge is 0.399 e. The molecule has 21 heavy (non-hydrogen) atoms. The van der Waals surface area contributed by atoms with Crippen LogP contribution >= 0.6 is 0 Å². The molecule has 0 radical (unpaired) electrons. The van der Waals surface area contributed by atoms with Crippen molar-refractivity contribution in [1.82, 2.24) is 0 Å². The van der Waals surface area contributed by atoms with Crippen molar-refractivity contribution < 1.29 is 9.31 Å². The Balaban J connectivity index is 2.36. The van der Waals surface area contributed by atoms with Gasteiger partial charge in [0.1, 0.15) is 0 Å². The Labute approximate surface area is 129 Å². The van der Waals surface area contributed by atoms with Crippen molar-refractivity contribution in [3.63, 3.8) is 0 Å². The highest BCUT2D eigenvalue weighted by atomic mass is 16.7. The molecule has 0 amide bonds. The Morgan fingerprint density at radius 1 is 0.952 bits per heavy atom. The van der Waals surface area contributed by atoms with Crippen molar-refractivity contribution in [2.75, 3.05) is 0 Å². The number of allylic oxidation sites excluding steroid dienone is 3. The van der Waals surface area contributed by atoms with Gasteiger partial charge in [0, 0.05) is 0 Å². The van der Waals surface area contributed by atoms with Gasteiger partial charge in [-0.25, -0.2) is 0 Å². The van der Waals surface area contributed by atoms with Crippen molar-refractivity contribution in [2.24, 2.45) is 0 Å². The van der Waals surface area contributed by atoms with Crippen molar-refractivity contribution in [2.45, 2.75) is 52.7 Å². The topological polar surface area (TPSA) is 18.5 Å². The van der Waals surface area contributed by atoms with Gasteiger partial charge in [-0.2, -0.15) is 0 Å². The summed E-state index contributed by atoms with van der Waals surface area (Å²) in [5.41, 5.74) is 2.80. The Bertz CT molecular complexity index is 536. The maximum absolute atomic E-state index is 6.16. The van der Waals surface area contributed by atoms with Crippen LogP contribution in [0.4, 0.5) is 0 Å². The summed E-state index contributed by atoms with van der Waals surface area (Å²) in [4.78, 5) is 0. The summed E-state index contributed by atoms with van der Waals surface area (Å²) in [6.07, 6.45) is 4.27. The van der Waals surface area contributed by atoms with Gasteiger partial charge in [0.2, 0.25) is 0 Å². The molecular formula is C18H25BO2. The maximum Gasteiger partial charge on any atom is 0.494 e. The van der Waals surface area contributed by atoms with E-state index in [2.05, 4.69) is 65.8 Å². The molecular weight excluding hydrogens is 259 g/mol. The fraction of sp³-hybridized carbons (Fsp3) is 0.444. The van der Waals surface area contributed by atoms with Crippen LogP contribution in [-0.4, -0.2) is 18.3 Å². The molecule has 1 aliphatic heterocycles. The van der Waals surface area contributed by atoms with Crippen LogP contribution in [-0.2, 0) is 9.31 Å². The lowest BCUT2D eigenvalue weighted by Gasteiger charge is -2.32. The minimum atomic E-state index is -0.329. The van der Waals surface area contributed by atoms with E-state index in [1.165, 1.54) is 5.57 Å². The second kappa shape index (κ2) is 5.82. The monoisotopic (exact) mass is 284 g/mol. The summed E-state index contributed by atoms with van der Waals surface area (Å²) in [5, 5.41) is 0. The van der Waals surface area contributed by atoms with Crippen molar-refractivity contribution in [3.8, 4) is 0 Å². The predicted octanol–water partition coefficient (Wildman–Crippen LogP) is 4.67. The normalized spacial score (nSPS) is 20.5. The minimum Gasteiger partial charge on any atom is -0.399 e. The van der Waals surface area contributed by atoms with Gasteiger partial charge in [-0.1, -0.05) is 48.1 Å². The Kier molecular flexibility index (Phi) is 4.45. The largest absolute Gasteiger partial charge is 0.494 e. The fourth-order valence-electron chi connectivity index (χ4n) is 2.23. The van der Waals surface area contributed by atoms with Gasteiger partial charge in [0.25, 0.3) is 0 Å². The molecule has 1 heterocycles. The van der Waals surface area contributed by atoms with Gasteiger partial charge in [0.05, 0.1) is 11.2 Å². The summed E-state index contributed by atoms with van der Waals surface area (Å²) in [6, 6.07) is 10.3. The van der Waals surface area contributed by atoms with E-state index in [0.29, 0.717) is 0 Å². The third-order valence-electron chi connectivity index (χ3n) is 4.11. The van der Waals surface area contributed by atoms with Crippen LogP contribution in [0.25, 0.3) is 6.08 Å². The average molecular weight is 284 g/mol. The molecule has 1 aromatic carbocycles. The van der Waals surface area contributed by atoms with E-state index >= 15 is 0 Å². The van der Waals surface area contributed by atoms with Gasteiger partial charge in [-0.3, -0.25) is 0 Å². The Morgan fingerprint density at radius 2 is 1.48 bits per heavy atom. The zero-order chi connectivity index (χ0) is 15.7. The predicted molar refractivity (Wildman–Crippen MR) is 89.9 cm³/mol. The summed E-state index contributed by atoms with van der Waals surface area (Å²) >= 11 is 0. The van der Waals surface area contributed by atoms with E-state index in [1.54, 1.807) is 0 Å². The molecule has 0 aliphatic carbocycles. The molecule has 2 rings (SSSR count). The standard InChI is InChI=1S/C18H25BO2/c1-14(2)12-16(13-15-10-8-7-9-11-15)19-20-17(3,4)18(5,6)21-19/h7-13H,1-6H3/b16-13-. The molecule has 2 nitrogen and oxygen atoms in total. The van der Waals surface area contributed by atoms with E-state index in [-0.39, 0.29) is 18.3 Å². The van der Waals surface area contributed by atoms with Gasteiger partial charge >= 0.3 is 7.12 Å². The van der Waals surface area contributed by atoms with Crippen molar-refractivity contribution in [3.05, 3.63) is 53.0 Å². The molecule has 0 N–H and O–H groups in total. The lowest BCUT2D eigenvalue weighted by molar-refractivity contribution is 0.00578. The Hall–Kier alpha value is -1.32. The fourth-order valence-corrected chi connectivity index (χ4v) is 2.23. The van der Waals surface area contributed by atoms with Crippen molar-refractivity contribution in [1.29, 1.82) is 0 Å². The van der Waals surface area contributed by atoms with Crippen LogP contribution in [0.5, 0.6) is 0 Å². The van der Waals surface area contributed by atoms with Gasteiger partial charge in [-0.05, 0) is 52.6 Å². The lowest BCUT2D eigenvalue weighted by Crippen LogP contribution is -2.41. The van der Waals surface area contributed by atoms with E-state index in [4.69, 9.17) is 9.31 Å². The Morgan fingerprint density at radius 3 is 1.95 bits per heavy atom. The third kappa shape index (κ3) is 3.66. The molecule has 0 atom stereocenters. The van der Waals surface area contributed by atoms with Gasteiger partial charge < -0.3 is 9.31 Å². The average Bonchev–Trinajstić information content (AvgIpc) is 2.58. The lowest BCUT2D eigenvalue weighted by atomic mass is 9.76. The SMILES string of the molecule is CC(C)=C/C(=C/c1ccccc1)B1OC(C)(C)C(C)(C)O1. The molecule has 0 saturated carbocycles. The van der Waals surface area contributed by atoms with Crippen LogP contribution in [0.3, 0.4) is 0 Å². The van der Waals surface area contributed by atoms with Crippen LogP contribution in [0.1, 0.15) is 47.1 Å². The quantitative estimate of drug-likeness (QED) is 0.593. The summed E-state index contributed by atoms with van der Waals surface area (Å²) in [5.74, 6) is 0. The second-order valence-corrected chi connectivity index (χ2v) is 6.86. The van der Waals surface area contributed by atoms with E-state index in [0.717, 1.165) is 11.0 Å². The molecule has 1 saturated heterocycles. The summed E-state index contributed by atoms with van der Waals surface area (Å²) in [7, 11) is -0.329. The first-order valence-corrected chi connectivity index (χ1v) is 7.48. The second-order valence-electron chi connectivity index (χ2n) is 6.86. The molecule has 0 aromatic heterocycles. The zero-order valence-electron chi connectivity index (χ0n) is 13.9. The molecule has 3 heteroatoms. The molecule has 1 aromatic rings. The minimum absolute atomic E-state index is 0.317. The molecule has 1 fully saturated rings. The number of hydrogen-bond acceptors (Lipinski definition) is 2. The molecule has 0 unspecified atom stereocenters. The number of hydrogen-bond donors (Lipinski definition) is 0. The van der Waals surface area contributed by atoms with E-state index < -0.39 is 0 Å². The first kappa shape index (κ1) is 16.1. The zero-order valence-corrected chi connectivity index (χ0v) is 13.9. The molecule has 1 aliphatic rings. The molecule has 112 valence electrons. The van der Waals surface area contributed by atoms with Crippen LogP contribution in [0.2, 0.25) is 0 Å².